The van der Waals surface area contributed by atoms with E-state index in [1.807, 2.05) is 0 Å². The van der Waals surface area contributed by atoms with Crippen molar-refractivity contribution in [1.29, 1.82) is 0 Å². The predicted octanol–water partition coefficient (Wildman–Crippen LogP) is 11.6. The molecular formula is C30H60. The van der Waals surface area contributed by atoms with Gasteiger partial charge in [0.1, 0.15) is 0 Å². The molecule has 0 heterocycles. The third-order valence-electron chi connectivity index (χ3n) is 6.85. The molecule has 0 aliphatic carbocycles. The summed E-state index contributed by atoms with van der Waals surface area (Å²) >= 11 is 0. The van der Waals surface area contributed by atoms with Crippen LogP contribution in [0.15, 0.2) is 12.2 Å². The lowest BCUT2D eigenvalue weighted by atomic mass is 9.97. The van der Waals surface area contributed by atoms with Crippen molar-refractivity contribution >= 4 is 0 Å². The Bertz CT molecular complexity index is 316. The highest BCUT2D eigenvalue weighted by Crippen LogP contribution is 2.18. The molecular weight excluding hydrogens is 360 g/mol. The van der Waals surface area contributed by atoms with E-state index in [0.29, 0.717) is 0 Å². The first-order valence-electron chi connectivity index (χ1n) is 14.4. The molecule has 0 aliphatic heterocycles. The van der Waals surface area contributed by atoms with Gasteiger partial charge in [0.05, 0.1) is 0 Å². The van der Waals surface area contributed by atoms with Crippen molar-refractivity contribution in [2.24, 2.45) is 5.92 Å². The molecule has 0 aromatic rings. The molecule has 0 nitrogen and oxygen atoms in total. The number of hydrogen-bond donors (Lipinski definition) is 0. The van der Waals surface area contributed by atoms with Crippen LogP contribution >= 0.6 is 0 Å². The van der Waals surface area contributed by atoms with Gasteiger partial charge in [-0.1, -0.05) is 167 Å². The lowest BCUT2D eigenvalue weighted by molar-refractivity contribution is 0.440. The van der Waals surface area contributed by atoms with Gasteiger partial charge < -0.3 is 0 Å². The van der Waals surface area contributed by atoms with Crippen LogP contribution in [0.2, 0.25) is 0 Å². The quantitative estimate of drug-likeness (QED) is 0.102. The highest BCUT2D eigenvalue weighted by molar-refractivity contribution is 4.76. The molecule has 0 aliphatic rings. The highest BCUT2D eigenvalue weighted by atomic mass is 14.1. The van der Waals surface area contributed by atoms with E-state index in [1.165, 1.54) is 154 Å². The molecule has 0 bridgehead atoms. The SMILES string of the molecule is C/C=C/CCCCCCCCCCCCCCCCCCCCCC(C)CCCC. The third-order valence-corrected chi connectivity index (χ3v) is 6.85. The van der Waals surface area contributed by atoms with Crippen molar-refractivity contribution in [3.63, 3.8) is 0 Å². The smallest absolute Gasteiger partial charge is 0.0351 e. The zero-order chi connectivity index (χ0) is 22.0. The van der Waals surface area contributed by atoms with Crippen LogP contribution in [0.5, 0.6) is 0 Å². The van der Waals surface area contributed by atoms with E-state index in [1.54, 1.807) is 0 Å². The molecule has 0 heteroatoms. The lowest BCUT2D eigenvalue weighted by Gasteiger charge is -2.10. The van der Waals surface area contributed by atoms with Gasteiger partial charge in [-0.05, 0) is 25.7 Å². The Labute approximate surface area is 193 Å². The molecule has 0 aromatic heterocycles. The second-order valence-corrected chi connectivity index (χ2v) is 10.1. The molecule has 0 amide bonds. The second-order valence-electron chi connectivity index (χ2n) is 10.1. The van der Waals surface area contributed by atoms with Crippen molar-refractivity contribution in [2.75, 3.05) is 0 Å². The Hall–Kier alpha value is -0.260. The Morgan fingerprint density at radius 2 is 0.800 bits per heavy atom. The number of rotatable bonds is 25. The first-order valence-corrected chi connectivity index (χ1v) is 14.4. The molecule has 1 atom stereocenters. The molecule has 180 valence electrons. The molecule has 30 heavy (non-hydrogen) atoms. The maximum absolute atomic E-state index is 2.45. The number of unbranched alkanes of at least 4 members (excludes halogenated alkanes) is 20. The fraction of sp³-hybridized carbons (Fsp3) is 0.933. The monoisotopic (exact) mass is 420 g/mol. The molecule has 0 fully saturated rings. The Morgan fingerprint density at radius 1 is 0.467 bits per heavy atom. The van der Waals surface area contributed by atoms with Gasteiger partial charge in [-0.2, -0.15) is 0 Å². The second kappa shape index (κ2) is 26.8. The summed E-state index contributed by atoms with van der Waals surface area (Å²) in [5.74, 6) is 0.966. The average molecular weight is 421 g/mol. The fourth-order valence-electron chi connectivity index (χ4n) is 4.62. The standard InChI is InChI=1S/C30H60/c1-4-6-8-9-10-11-12-13-14-15-16-17-18-19-20-21-22-23-24-25-26-27-29-30(3)28-7-5-2/h4,6,30H,5,7-29H2,1-3H3/b6-4+. The summed E-state index contributed by atoms with van der Waals surface area (Å²) in [6.07, 6.45) is 39.5. The molecule has 0 saturated carbocycles. The first-order chi connectivity index (χ1) is 14.8. The van der Waals surface area contributed by atoms with Crippen molar-refractivity contribution in [3.8, 4) is 0 Å². The zero-order valence-electron chi connectivity index (χ0n) is 21.7. The van der Waals surface area contributed by atoms with Gasteiger partial charge in [0.15, 0.2) is 0 Å². The Morgan fingerprint density at radius 3 is 1.17 bits per heavy atom. The number of allylic oxidation sites excluding steroid dienone is 2. The van der Waals surface area contributed by atoms with E-state index in [2.05, 4.69) is 32.9 Å². The summed E-state index contributed by atoms with van der Waals surface area (Å²) in [5.41, 5.74) is 0. The van der Waals surface area contributed by atoms with Crippen molar-refractivity contribution in [1.82, 2.24) is 0 Å². The van der Waals surface area contributed by atoms with Gasteiger partial charge in [-0.25, -0.2) is 0 Å². The van der Waals surface area contributed by atoms with E-state index in [4.69, 9.17) is 0 Å². The molecule has 1 unspecified atom stereocenters. The van der Waals surface area contributed by atoms with Crippen LogP contribution in [0.1, 0.15) is 175 Å². The predicted molar refractivity (Wildman–Crippen MR) is 140 cm³/mol. The maximum atomic E-state index is 2.45. The highest BCUT2D eigenvalue weighted by Gasteiger charge is 2.01. The molecule has 0 radical (unpaired) electrons. The van der Waals surface area contributed by atoms with E-state index in [-0.39, 0.29) is 0 Å². The van der Waals surface area contributed by atoms with E-state index < -0.39 is 0 Å². The Kier molecular flexibility index (Phi) is 26.5. The summed E-state index contributed by atoms with van der Waals surface area (Å²) in [6, 6.07) is 0. The van der Waals surface area contributed by atoms with Gasteiger partial charge in [0, 0.05) is 0 Å². The van der Waals surface area contributed by atoms with Crippen LogP contribution in [-0.4, -0.2) is 0 Å². The molecule has 0 aromatic carbocycles. The van der Waals surface area contributed by atoms with Crippen LogP contribution in [0, 0.1) is 5.92 Å². The van der Waals surface area contributed by atoms with Crippen LogP contribution in [0.4, 0.5) is 0 Å². The van der Waals surface area contributed by atoms with Gasteiger partial charge in [-0.3, -0.25) is 0 Å². The summed E-state index contributed by atoms with van der Waals surface area (Å²) < 4.78 is 0. The van der Waals surface area contributed by atoms with Gasteiger partial charge in [0.2, 0.25) is 0 Å². The van der Waals surface area contributed by atoms with E-state index >= 15 is 0 Å². The minimum absolute atomic E-state index is 0.966. The normalized spacial score (nSPS) is 12.8. The van der Waals surface area contributed by atoms with Gasteiger partial charge in [-0.15, -0.1) is 0 Å². The maximum Gasteiger partial charge on any atom is -0.0351 e. The van der Waals surface area contributed by atoms with Crippen LogP contribution < -0.4 is 0 Å². The lowest BCUT2D eigenvalue weighted by Crippen LogP contribution is -1.94. The molecule has 0 saturated heterocycles. The zero-order valence-corrected chi connectivity index (χ0v) is 21.7. The minimum Gasteiger partial charge on any atom is -0.0917 e. The minimum atomic E-state index is 0.966. The van der Waals surface area contributed by atoms with Crippen molar-refractivity contribution in [2.45, 2.75) is 175 Å². The van der Waals surface area contributed by atoms with E-state index in [0.717, 1.165) is 5.92 Å². The third kappa shape index (κ3) is 25.8. The summed E-state index contributed by atoms with van der Waals surface area (Å²) in [6.45, 7) is 6.88. The van der Waals surface area contributed by atoms with E-state index in [9.17, 15) is 0 Å². The topological polar surface area (TPSA) is 0 Å². The average Bonchev–Trinajstić information content (AvgIpc) is 2.75. The van der Waals surface area contributed by atoms with Gasteiger partial charge in [0.25, 0.3) is 0 Å². The summed E-state index contributed by atoms with van der Waals surface area (Å²) in [4.78, 5) is 0. The summed E-state index contributed by atoms with van der Waals surface area (Å²) in [5, 5.41) is 0. The molecule has 0 rings (SSSR count). The Balaban J connectivity index is 3.05. The fourth-order valence-corrected chi connectivity index (χ4v) is 4.62. The summed E-state index contributed by atoms with van der Waals surface area (Å²) in [7, 11) is 0. The molecule has 0 N–H and O–H groups in total. The first kappa shape index (κ1) is 29.7. The van der Waals surface area contributed by atoms with Crippen molar-refractivity contribution < 1.29 is 0 Å². The number of hydrogen-bond acceptors (Lipinski definition) is 0. The van der Waals surface area contributed by atoms with Crippen molar-refractivity contribution in [3.05, 3.63) is 12.2 Å². The van der Waals surface area contributed by atoms with Crippen LogP contribution in [0.3, 0.4) is 0 Å². The van der Waals surface area contributed by atoms with Gasteiger partial charge >= 0.3 is 0 Å². The van der Waals surface area contributed by atoms with Crippen LogP contribution in [-0.2, 0) is 0 Å². The van der Waals surface area contributed by atoms with Crippen LogP contribution in [0.25, 0.3) is 0 Å². The largest absolute Gasteiger partial charge is 0.0917 e. The molecule has 0 spiro atoms.